The molecule has 1 atom stereocenters. The molecule has 0 fully saturated rings. The highest BCUT2D eigenvalue weighted by Crippen LogP contribution is 2.19. The maximum Gasteiger partial charge on any atom is 0.257 e. The normalized spacial score (nSPS) is 12.4. The third-order valence-electron chi connectivity index (χ3n) is 4.93. The zero-order chi connectivity index (χ0) is 19.3. The summed E-state index contributed by atoms with van der Waals surface area (Å²) < 4.78 is 5.83. The monoisotopic (exact) mass is 357 g/mol. The fraction of sp³-hybridized carbons (Fsp3) is 0.524. The summed E-state index contributed by atoms with van der Waals surface area (Å²) in [4.78, 5) is 21.4. The van der Waals surface area contributed by atoms with Crippen LogP contribution in [0.1, 0.15) is 53.9 Å². The predicted octanol–water partition coefficient (Wildman–Crippen LogP) is 3.84. The van der Waals surface area contributed by atoms with E-state index in [1.54, 1.807) is 4.90 Å². The van der Waals surface area contributed by atoms with Crippen LogP contribution in [-0.4, -0.2) is 46.9 Å². The van der Waals surface area contributed by atoms with Gasteiger partial charge in [-0.2, -0.15) is 0 Å². The van der Waals surface area contributed by atoms with Crippen LogP contribution >= 0.6 is 0 Å². The van der Waals surface area contributed by atoms with Crippen molar-refractivity contribution in [1.82, 2.24) is 14.8 Å². The van der Waals surface area contributed by atoms with Gasteiger partial charge in [0.1, 0.15) is 11.5 Å². The number of nitrogens with zero attached hydrogens (tertiary/aromatic N) is 3. The van der Waals surface area contributed by atoms with Crippen LogP contribution in [0, 0.1) is 13.8 Å². The van der Waals surface area contributed by atoms with Crippen molar-refractivity contribution in [1.29, 1.82) is 0 Å². The van der Waals surface area contributed by atoms with Crippen molar-refractivity contribution in [3.63, 3.8) is 0 Å². The van der Waals surface area contributed by atoms with Gasteiger partial charge in [-0.25, -0.2) is 0 Å². The minimum Gasteiger partial charge on any atom is -0.464 e. The highest BCUT2D eigenvalue weighted by molar-refractivity contribution is 5.95. The van der Waals surface area contributed by atoms with Crippen molar-refractivity contribution in [2.45, 2.75) is 53.6 Å². The molecule has 1 amide bonds. The third-order valence-corrected chi connectivity index (χ3v) is 4.93. The molecule has 0 aliphatic heterocycles. The molecule has 2 rings (SSSR count). The van der Waals surface area contributed by atoms with E-state index in [2.05, 4.69) is 36.7 Å². The molecule has 0 spiro atoms. The lowest BCUT2D eigenvalue weighted by Crippen LogP contribution is -2.36. The Hall–Kier alpha value is -2.14. The van der Waals surface area contributed by atoms with Crippen LogP contribution in [-0.2, 0) is 13.0 Å². The minimum absolute atomic E-state index is 0.00259. The first-order valence-corrected chi connectivity index (χ1v) is 9.36. The molecule has 2 aromatic rings. The molecule has 5 nitrogen and oxygen atoms in total. The Labute approximate surface area is 157 Å². The number of aryl methyl sites for hydroxylation is 2. The summed E-state index contributed by atoms with van der Waals surface area (Å²) in [5, 5.41) is 0. The Morgan fingerprint density at radius 3 is 2.54 bits per heavy atom. The highest BCUT2D eigenvalue weighted by atomic mass is 16.3. The molecule has 0 radical (unpaired) electrons. The standard InChI is InChI=1S/C21H31N3O2/c1-7-24(8-2)14-19-13-20(17(5)26-19)21(25)23(6)16(4)12-18-11-15(3)9-10-22-18/h9-11,13,16H,7-8,12,14H2,1-6H3. The molecule has 1 unspecified atom stereocenters. The molecule has 26 heavy (non-hydrogen) atoms. The Balaban J connectivity index is 2.08. The SMILES string of the molecule is CCN(CC)Cc1cc(C(=O)N(C)C(C)Cc2cc(C)ccn2)c(C)o1. The molecule has 5 heteroatoms. The fourth-order valence-corrected chi connectivity index (χ4v) is 3.04. The van der Waals surface area contributed by atoms with Gasteiger partial charge in [-0.15, -0.1) is 0 Å². The van der Waals surface area contributed by atoms with Crippen molar-refractivity contribution in [3.05, 3.63) is 52.7 Å². The lowest BCUT2D eigenvalue weighted by molar-refractivity contribution is 0.0741. The van der Waals surface area contributed by atoms with E-state index in [-0.39, 0.29) is 11.9 Å². The maximum absolute atomic E-state index is 12.9. The number of pyridine rings is 1. The first kappa shape index (κ1) is 20.2. The quantitative estimate of drug-likeness (QED) is 0.720. The van der Waals surface area contributed by atoms with E-state index in [9.17, 15) is 4.79 Å². The zero-order valence-corrected chi connectivity index (χ0v) is 16.9. The number of rotatable bonds is 8. The Bertz CT molecular complexity index is 735. The van der Waals surface area contributed by atoms with Crippen LogP contribution in [0.15, 0.2) is 28.8 Å². The smallest absolute Gasteiger partial charge is 0.257 e. The van der Waals surface area contributed by atoms with Gasteiger partial charge < -0.3 is 9.32 Å². The number of hydrogen-bond donors (Lipinski definition) is 0. The number of carbonyl (C=O) groups is 1. The van der Waals surface area contributed by atoms with Gasteiger partial charge in [0, 0.05) is 31.4 Å². The van der Waals surface area contributed by atoms with Gasteiger partial charge >= 0.3 is 0 Å². The summed E-state index contributed by atoms with van der Waals surface area (Å²) in [6.45, 7) is 12.9. The van der Waals surface area contributed by atoms with Gasteiger partial charge in [0.2, 0.25) is 0 Å². The Morgan fingerprint density at radius 2 is 1.92 bits per heavy atom. The average molecular weight is 357 g/mol. The van der Waals surface area contributed by atoms with Gasteiger partial charge in [0.15, 0.2) is 0 Å². The van der Waals surface area contributed by atoms with E-state index in [0.717, 1.165) is 37.5 Å². The Morgan fingerprint density at radius 1 is 1.23 bits per heavy atom. The van der Waals surface area contributed by atoms with Crippen molar-refractivity contribution in [3.8, 4) is 0 Å². The first-order chi connectivity index (χ1) is 12.3. The molecule has 0 aromatic carbocycles. The van der Waals surface area contributed by atoms with Crippen LogP contribution in [0.25, 0.3) is 0 Å². The second-order valence-electron chi connectivity index (χ2n) is 6.94. The number of amides is 1. The number of likely N-dealkylation sites (N-methyl/N-ethyl adjacent to an activating group) is 1. The molecule has 0 saturated heterocycles. The van der Waals surface area contributed by atoms with Crippen LogP contribution in [0.2, 0.25) is 0 Å². The van der Waals surface area contributed by atoms with E-state index in [1.165, 1.54) is 5.56 Å². The van der Waals surface area contributed by atoms with Gasteiger partial charge in [-0.3, -0.25) is 14.7 Å². The number of aromatic nitrogens is 1. The van der Waals surface area contributed by atoms with E-state index in [4.69, 9.17) is 4.42 Å². The highest BCUT2D eigenvalue weighted by Gasteiger charge is 2.23. The molecule has 142 valence electrons. The van der Waals surface area contributed by atoms with Gasteiger partial charge in [-0.1, -0.05) is 13.8 Å². The lowest BCUT2D eigenvalue weighted by Gasteiger charge is -2.24. The average Bonchev–Trinajstić information content (AvgIpc) is 2.98. The van der Waals surface area contributed by atoms with Crippen LogP contribution in [0.3, 0.4) is 0 Å². The van der Waals surface area contributed by atoms with Gasteiger partial charge in [0.05, 0.1) is 12.1 Å². The lowest BCUT2D eigenvalue weighted by atomic mass is 10.1. The first-order valence-electron chi connectivity index (χ1n) is 9.36. The molecule has 0 aliphatic carbocycles. The second-order valence-corrected chi connectivity index (χ2v) is 6.94. The molecule has 0 N–H and O–H groups in total. The number of carbonyl (C=O) groups excluding carboxylic acids is 1. The Kier molecular flexibility index (Phi) is 6.98. The summed E-state index contributed by atoms with van der Waals surface area (Å²) >= 11 is 0. The summed E-state index contributed by atoms with van der Waals surface area (Å²) in [7, 11) is 1.85. The molecular formula is C21H31N3O2. The maximum atomic E-state index is 12.9. The molecule has 2 heterocycles. The predicted molar refractivity (Wildman–Crippen MR) is 104 cm³/mol. The van der Waals surface area contributed by atoms with Gasteiger partial charge in [0.25, 0.3) is 5.91 Å². The van der Waals surface area contributed by atoms with E-state index < -0.39 is 0 Å². The largest absolute Gasteiger partial charge is 0.464 e. The number of hydrogen-bond acceptors (Lipinski definition) is 4. The molecule has 2 aromatic heterocycles. The van der Waals surface area contributed by atoms with Crippen LogP contribution < -0.4 is 0 Å². The summed E-state index contributed by atoms with van der Waals surface area (Å²) in [6.07, 6.45) is 2.55. The summed E-state index contributed by atoms with van der Waals surface area (Å²) in [6, 6.07) is 6.00. The second kappa shape index (κ2) is 8.99. The minimum atomic E-state index is -0.00259. The summed E-state index contributed by atoms with van der Waals surface area (Å²) in [5.41, 5.74) is 2.84. The van der Waals surface area contributed by atoms with E-state index in [1.807, 2.05) is 39.2 Å². The van der Waals surface area contributed by atoms with Crippen LogP contribution in [0.4, 0.5) is 0 Å². The number of furan rings is 1. The van der Waals surface area contributed by atoms with Crippen molar-refractivity contribution in [2.75, 3.05) is 20.1 Å². The van der Waals surface area contributed by atoms with Crippen LogP contribution in [0.5, 0.6) is 0 Å². The fourth-order valence-electron chi connectivity index (χ4n) is 3.04. The molecule has 0 bridgehead atoms. The molecule has 0 aliphatic rings. The molecule has 0 saturated carbocycles. The van der Waals surface area contributed by atoms with Crippen molar-refractivity contribution < 1.29 is 9.21 Å². The topological polar surface area (TPSA) is 49.6 Å². The van der Waals surface area contributed by atoms with Crippen molar-refractivity contribution >= 4 is 5.91 Å². The summed E-state index contributed by atoms with van der Waals surface area (Å²) in [5.74, 6) is 1.53. The van der Waals surface area contributed by atoms with E-state index >= 15 is 0 Å². The zero-order valence-electron chi connectivity index (χ0n) is 16.9. The van der Waals surface area contributed by atoms with E-state index in [0.29, 0.717) is 11.3 Å². The third kappa shape index (κ3) is 4.94. The van der Waals surface area contributed by atoms with Crippen molar-refractivity contribution in [2.24, 2.45) is 0 Å². The van der Waals surface area contributed by atoms with Gasteiger partial charge in [-0.05, 0) is 57.6 Å². The molecular weight excluding hydrogens is 326 g/mol.